The summed E-state index contributed by atoms with van der Waals surface area (Å²) in [6, 6.07) is 19.4. The molecule has 5 nitrogen and oxygen atoms in total. The van der Waals surface area contributed by atoms with Crippen LogP contribution in [0.1, 0.15) is 19.4 Å². The lowest BCUT2D eigenvalue weighted by molar-refractivity contribution is 0.311. The summed E-state index contributed by atoms with van der Waals surface area (Å²) in [5.74, 6) is 0. The third-order valence-corrected chi connectivity index (χ3v) is 3.73. The Morgan fingerprint density at radius 3 is 2.04 bits per heavy atom. The molecule has 0 atom stereocenters. The Labute approximate surface area is 153 Å². The van der Waals surface area contributed by atoms with Crippen LogP contribution >= 0.6 is 0 Å². The van der Waals surface area contributed by atoms with Gasteiger partial charge >= 0.3 is 0 Å². The zero-order valence-electron chi connectivity index (χ0n) is 15.0. The quantitative estimate of drug-likeness (QED) is 0.736. The van der Waals surface area contributed by atoms with Crippen LogP contribution in [0.4, 0.5) is 5.69 Å². The highest BCUT2D eigenvalue weighted by molar-refractivity contribution is 5.72. The lowest BCUT2D eigenvalue weighted by atomic mass is 10.1. The molecule has 2 rings (SSSR count). The molecule has 0 bridgehead atoms. The van der Waals surface area contributed by atoms with Gasteiger partial charge in [0.15, 0.2) is 0 Å². The first-order valence-electron chi connectivity index (χ1n) is 8.45. The van der Waals surface area contributed by atoms with E-state index >= 15 is 0 Å². The standard InChI is InChI=1S/C21H22N4O/c1-15(2)25-21(18-7-9-20(10-8-18)24-11-12-26)17-5-3-16(4-6-17)19(13-22)14-23/h3-10,15,24-26H,11-12H2,1-2H3. The van der Waals surface area contributed by atoms with Crippen LogP contribution in [0.15, 0.2) is 48.5 Å². The van der Waals surface area contributed by atoms with Gasteiger partial charge in [0.1, 0.15) is 17.7 Å². The normalized spacial score (nSPS) is 9.92. The number of anilines is 1. The number of rotatable bonds is 6. The van der Waals surface area contributed by atoms with Gasteiger partial charge in [-0.25, -0.2) is 0 Å². The fourth-order valence-electron chi connectivity index (χ4n) is 2.53. The van der Waals surface area contributed by atoms with Crippen molar-refractivity contribution in [3.63, 3.8) is 0 Å². The second kappa shape index (κ2) is 9.27. The molecular weight excluding hydrogens is 324 g/mol. The third kappa shape index (κ3) is 4.86. The van der Waals surface area contributed by atoms with Gasteiger partial charge < -0.3 is 15.7 Å². The van der Waals surface area contributed by atoms with Crippen molar-refractivity contribution >= 4 is 17.0 Å². The Bertz CT molecular complexity index is 908. The van der Waals surface area contributed by atoms with Gasteiger partial charge in [-0.1, -0.05) is 36.4 Å². The summed E-state index contributed by atoms with van der Waals surface area (Å²) in [6.45, 7) is 4.74. The van der Waals surface area contributed by atoms with Gasteiger partial charge in [0.2, 0.25) is 0 Å². The molecule has 0 aliphatic rings. The third-order valence-electron chi connectivity index (χ3n) is 3.73. The van der Waals surface area contributed by atoms with E-state index in [4.69, 9.17) is 15.6 Å². The minimum atomic E-state index is 0.0881. The largest absolute Gasteiger partial charge is 0.395 e. The zero-order chi connectivity index (χ0) is 18.9. The van der Waals surface area contributed by atoms with Crippen LogP contribution in [0, 0.1) is 22.7 Å². The molecular formula is C21H22N4O. The lowest BCUT2D eigenvalue weighted by Gasteiger charge is -2.16. The Morgan fingerprint density at radius 1 is 0.962 bits per heavy atom. The summed E-state index contributed by atoms with van der Waals surface area (Å²) in [7, 11) is 0. The molecule has 0 unspecified atom stereocenters. The van der Waals surface area contributed by atoms with E-state index in [9.17, 15) is 0 Å². The molecule has 0 aliphatic carbocycles. The van der Waals surface area contributed by atoms with E-state index in [0.29, 0.717) is 11.8 Å². The molecule has 26 heavy (non-hydrogen) atoms. The van der Waals surface area contributed by atoms with Crippen LogP contribution in [0.2, 0.25) is 0 Å². The second-order valence-corrected chi connectivity index (χ2v) is 6.08. The highest BCUT2D eigenvalue weighted by atomic mass is 16.3. The molecule has 0 amide bonds. The van der Waals surface area contributed by atoms with Crippen LogP contribution in [0.5, 0.6) is 0 Å². The lowest BCUT2D eigenvalue weighted by Crippen LogP contribution is -2.27. The van der Waals surface area contributed by atoms with Crippen molar-refractivity contribution in [2.45, 2.75) is 19.9 Å². The summed E-state index contributed by atoms with van der Waals surface area (Å²) in [5, 5.41) is 35.1. The van der Waals surface area contributed by atoms with E-state index < -0.39 is 0 Å². The van der Waals surface area contributed by atoms with Crippen molar-refractivity contribution in [2.75, 3.05) is 18.5 Å². The van der Waals surface area contributed by atoms with Gasteiger partial charge in [-0.05, 0) is 36.8 Å². The van der Waals surface area contributed by atoms with Crippen molar-refractivity contribution in [1.29, 1.82) is 10.5 Å². The van der Waals surface area contributed by atoms with Gasteiger partial charge in [0.05, 0.1) is 6.61 Å². The number of nitriles is 2. The molecule has 2 aromatic rings. The molecule has 0 heterocycles. The van der Waals surface area contributed by atoms with Crippen molar-refractivity contribution in [3.05, 3.63) is 64.5 Å². The van der Waals surface area contributed by atoms with Crippen molar-refractivity contribution in [2.24, 2.45) is 0 Å². The van der Waals surface area contributed by atoms with E-state index in [0.717, 1.165) is 22.2 Å². The van der Waals surface area contributed by atoms with E-state index in [-0.39, 0.29) is 18.2 Å². The number of hydrogen-bond acceptors (Lipinski definition) is 5. The Balaban J connectivity index is 2.51. The Hall–Kier alpha value is -3.28. The second-order valence-electron chi connectivity index (χ2n) is 6.08. The molecule has 132 valence electrons. The minimum absolute atomic E-state index is 0.0881. The first-order valence-corrected chi connectivity index (χ1v) is 8.45. The van der Waals surface area contributed by atoms with E-state index in [1.807, 2.05) is 48.5 Å². The van der Waals surface area contributed by atoms with Gasteiger partial charge in [0, 0.05) is 29.2 Å². The molecule has 3 N–H and O–H groups in total. The number of nitrogens with zero attached hydrogens (tertiary/aromatic N) is 2. The highest BCUT2D eigenvalue weighted by Crippen LogP contribution is 2.14. The molecule has 0 saturated heterocycles. The SMILES string of the molecule is CC(C)NC(c1ccc(NCCO)cc1)=c1ccc(=C(C#N)C#N)cc1. The maximum atomic E-state index is 8.99. The van der Waals surface area contributed by atoms with Gasteiger partial charge in [-0.2, -0.15) is 10.5 Å². The summed E-state index contributed by atoms with van der Waals surface area (Å²) in [5.41, 5.74) is 3.07. The van der Waals surface area contributed by atoms with Crippen LogP contribution in [-0.4, -0.2) is 24.3 Å². The first-order chi connectivity index (χ1) is 12.6. The first kappa shape index (κ1) is 19.1. The number of hydrogen-bond donors (Lipinski definition) is 3. The Morgan fingerprint density at radius 2 is 1.54 bits per heavy atom. The van der Waals surface area contributed by atoms with E-state index in [2.05, 4.69) is 24.5 Å². The molecule has 2 aromatic carbocycles. The smallest absolute Gasteiger partial charge is 0.136 e. The molecule has 5 heteroatoms. The number of aliphatic hydroxyl groups excluding tert-OH is 1. The molecule has 0 aromatic heterocycles. The topological polar surface area (TPSA) is 91.9 Å². The van der Waals surface area contributed by atoms with Crippen molar-refractivity contribution in [3.8, 4) is 12.1 Å². The number of nitrogens with one attached hydrogen (secondary N) is 2. The fourth-order valence-corrected chi connectivity index (χ4v) is 2.53. The number of aliphatic hydroxyl groups is 1. The fraction of sp³-hybridized carbons (Fsp3) is 0.238. The molecule has 0 aliphatic heterocycles. The van der Waals surface area contributed by atoms with Gasteiger partial charge in [0.25, 0.3) is 0 Å². The predicted octanol–water partition coefficient (Wildman–Crippen LogP) is 1.44. The highest BCUT2D eigenvalue weighted by Gasteiger charge is 2.05. The summed E-state index contributed by atoms with van der Waals surface area (Å²) in [6.07, 6.45) is 0. The van der Waals surface area contributed by atoms with Gasteiger partial charge in [-0.3, -0.25) is 0 Å². The molecule has 0 spiro atoms. The summed E-state index contributed by atoms with van der Waals surface area (Å²) >= 11 is 0. The predicted molar refractivity (Wildman–Crippen MR) is 103 cm³/mol. The maximum Gasteiger partial charge on any atom is 0.136 e. The van der Waals surface area contributed by atoms with E-state index in [1.165, 1.54) is 0 Å². The molecule has 0 fully saturated rings. The van der Waals surface area contributed by atoms with Crippen molar-refractivity contribution in [1.82, 2.24) is 5.32 Å². The van der Waals surface area contributed by atoms with Crippen molar-refractivity contribution < 1.29 is 5.11 Å². The van der Waals surface area contributed by atoms with Crippen LogP contribution < -0.4 is 21.1 Å². The van der Waals surface area contributed by atoms with Crippen LogP contribution in [-0.2, 0) is 0 Å². The minimum Gasteiger partial charge on any atom is -0.395 e. The number of benzene rings is 2. The monoisotopic (exact) mass is 346 g/mol. The Kier molecular flexibility index (Phi) is 6.79. The summed E-state index contributed by atoms with van der Waals surface area (Å²) in [4.78, 5) is 0. The van der Waals surface area contributed by atoms with E-state index in [1.54, 1.807) is 12.1 Å². The molecule has 0 radical (unpaired) electrons. The van der Waals surface area contributed by atoms with Crippen LogP contribution in [0.3, 0.4) is 0 Å². The summed E-state index contributed by atoms with van der Waals surface area (Å²) < 4.78 is 0. The zero-order valence-corrected chi connectivity index (χ0v) is 15.0. The van der Waals surface area contributed by atoms with Gasteiger partial charge in [-0.15, -0.1) is 0 Å². The van der Waals surface area contributed by atoms with Crippen LogP contribution in [0.25, 0.3) is 11.3 Å². The average Bonchev–Trinajstić information content (AvgIpc) is 2.66. The molecule has 0 saturated carbocycles. The maximum absolute atomic E-state index is 8.99. The average molecular weight is 346 g/mol.